The van der Waals surface area contributed by atoms with E-state index in [4.69, 9.17) is 11.6 Å². The number of fused-ring (bicyclic) bond motifs is 1. The molecule has 0 atom stereocenters. The third-order valence-corrected chi connectivity index (χ3v) is 4.79. The van der Waals surface area contributed by atoms with Crippen molar-refractivity contribution < 1.29 is 0 Å². The molecule has 0 spiro atoms. The Kier molecular flexibility index (Phi) is 3.20. The molecule has 0 N–H and O–H groups in total. The highest BCUT2D eigenvalue weighted by Gasteiger charge is 2.15. The lowest BCUT2D eigenvalue weighted by Gasteiger charge is -2.14. The number of rotatable bonds is 2. The maximum atomic E-state index is 5.90. The minimum atomic E-state index is 0.485. The van der Waals surface area contributed by atoms with Crippen molar-refractivity contribution in [1.82, 2.24) is 19.9 Å². The van der Waals surface area contributed by atoms with E-state index in [-0.39, 0.29) is 0 Å². The van der Waals surface area contributed by atoms with Crippen LogP contribution >= 0.6 is 22.9 Å². The molecule has 0 aromatic carbocycles. The largest absolute Gasteiger partial charge is 0.341 e. The summed E-state index contributed by atoms with van der Waals surface area (Å²) >= 11 is 7.48. The third-order valence-electron chi connectivity index (χ3n) is 3.52. The van der Waals surface area contributed by atoms with Crippen LogP contribution in [0.15, 0.2) is 24.7 Å². The lowest BCUT2D eigenvalue weighted by Crippen LogP contribution is -2.20. The SMILES string of the molecule is Clc1cc2sc(-c3cnc(N4CCCC4)nc3)nc2cn1. The van der Waals surface area contributed by atoms with Gasteiger partial charge in [0.05, 0.1) is 10.9 Å². The van der Waals surface area contributed by atoms with Gasteiger partial charge in [-0.25, -0.2) is 19.9 Å². The van der Waals surface area contributed by atoms with E-state index >= 15 is 0 Å². The van der Waals surface area contributed by atoms with E-state index in [9.17, 15) is 0 Å². The molecule has 3 aromatic heterocycles. The first-order valence-corrected chi connectivity index (χ1v) is 7.98. The van der Waals surface area contributed by atoms with Crippen LogP contribution in [0.3, 0.4) is 0 Å². The molecular weight excluding hydrogens is 306 g/mol. The number of aromatic nitrogens is 4. The van der Waals surface area contributed by atoms with Crippen molar-refractivity contribution in [3.8, 4) is 10.6 Å². The van der Waals surface area contributed by atoms with Crippen molar-refractivity contribution in [2.75, 3.05) is 18.0 Å². The molecule has 7 heteroatoms. The van der Waals surface area contributed by atoms with Crippen LogP contribution in [0.25, 0.3) is 20.8 Å². The summed E-state index contributed by atoms with van der Waals surface area (Å²) in [7, 11) is 0. The molecule has 1 aliphatic heterocycles. The molecule has 0 saturated carbocycles. The molecule has 0 unspecified atom stereocenters. The summed E-state index contributed by atoms with van der Waals surface area (Å²) in [4.78, 5) is 19.8. The maximum absolute atomic E-state index is 5.90. The van der Waals surface area contributed by atoms with Gasteiger partial charge in [-0.3, -0.25) is 0 Å². The Hall–Kier alpha value is -1.79. The average molecular weight is 318 g/mol. The van der Waals surface area contributed by atoms with Crippen LogP contribution in [0, 0.1) is 0 Å². The summed E-state index contributed by atoms with van der Waals surface area (Å²) in [6.07, 6.45) is 7.81. The van der Waals surface area contributed by atoms with Gasteiger partial charge in [-0.2, -0.15) is 0 Å². The number of hydrogen-bond donors (Lipinski definition) is 0. The first kappa shape index (κ1) is 12.9. The normalized spacial score (nSPS) is 15.0. The summed E-state index contributed by atoms with van der Waals surface area (Å²) in [6, 6.07) is 1.83. The first-order chi connectivity index (χ1) is 10.3. The average Bonchev–Trinajstić information content (AvgIpc) is 3.16. The van der Waals surface area contributed by atoms with Gasteiger partial charge >= 0.3 is 0 Å². The standard InChI is InChI=1S/C14H12ClN5S/c15-12-5-11-10(8-16-12)19-13(21-11)9-6-17-14(18-7-9)20-3-1-2-4-20/h5-8H,1-4H2. The molecule has 4 heterocycles. The van der Waals surface area contributed by atoms with Gasteiger partial charge < -0.3 is 4.90 Å². The topological polar surface area (TPSA) is 54.8 Å². The molecule has 5 nitrogen and oxygen atoms in total. The van der Waals surface area contributed by atoms with Gasteiger partial charge in [0.1, 0.15) is 15.7 Å². The Morgan fingerprint density at radius 1 is 1.05 bits per heavy atom. The second-order valence-corrected chi connectivity index (χ2v) is 6.38. The van der Waals surface area contributed by atoms with Gasteiger partial charge in [-0.15, -0.1) is 11.3 Å². The second kappa shape index (κ2) is 5.20. The van der Waals surface area contributed by atoms with Gasteiger partial charge in [0.2, 0.25) is 5.95 Å². The van der Waals surface area contributed by atoms with E-state index in [1.807, 2.05) is 18.5 Å². The summed E-state index contributed by atoms with van der Waals surface area (Å²) < 4.78 is 1.02. The van der Waals surface area contributed by atoms with Gasteiger partial charge in [0.15, 0.2) is 0 Å². The highest BCUT2D eigenvalue weighted by molar-refractivity contribution is 7.21. The van der Waals surface area contributed by atoms with Crippen molar-refractivity contribution in [1.29, 1.82) is 0 Å². The highest BCUT2D eigenvalue weighted by atomic mass is 35.5. The molecule has 3 aromatic rings. The van der Waals surface area contributed by atoms with Crippen LogP contribution in [0.5, 0.6) is 0 Å². The van der Waals surface area contributed by atoms with Gasteiger partial charge in [0, 0.05) is 31.0 Å². The Morgan fingerprint density at radius 3 is 2.57 bits per heavy atom. The van der Waals surface area contributed by atoms with E-state index in [0.29, 0.717) is 5.15 Å². The number of anilines is 1. The fraction of sp³-hybridized carbons (Fsp3) is 0.286. The summed E-state index contributed by atoms with van der Waals surface area (Å²) in [6.45, 7) is 2.09. The van der Waals surface area contributed by atoms with Gasteiger partial charge in [-0.05, 0) is 18.9 Å². The molecule has 1 fully saturated rings. The Balaban J connectivity index is 1.67. The predicted molar refractivity (Wildman–Crippen MR) is 84.9 cm³/mol. The Bertz CT molecular complexity index is 780. The lowest BCUT2D eigenvalue weighted by atomic mass is 10.3. The van der Waals surface area contributed by atoms with Gasteiger partial charge in [0.25, 0.3) is 0 Å². The smallest absolute Gasteiger partial charge is 0.225 e. The van der Waals surface area contributed by atoms with Crippen molar-refractivity contribution in [3.63, 3.8) is 0 Å². The van der Waals surface area contributed by atoms with Crippen LogP contribution in [-0.2, 0) is 0 Å². The summed E-state index contributed by atoms with van der Waals surface area (Å²) in [5.41, 5.74) is 1.78. The van der Waals surface area contributed by atoms with Crippen LogP contribution < -0.4 is 4.90 Å². The van der Waals surface area contributed by atoms with Crippen LogP contribution in [0.4, 0.5) is 5.95 Å². The monoisotopic (exact) mass is 317 g/mol. The van der Waals surface area contributed by atoms with Gasteiger partial charge in [-0.1, -0.05) is 11.6 Å². The quantitative estimate of drug-likeness (QED) is 0.678. The number of nitrogens with zero attached hydrogens (tertiary/aromatic N) is 5. The number of hydrogen-bond acceptors (Lipinski definition) is 6. The second-order valence-electron chi connectivity index (χ2n) is 4.96. The zero-order chi connectivity index (χ0) is 14.2. The Labute approximate surface area is 130 Å². The van der Waals surface area contributed by atoms with E-state index in [1.54, 1.807) is 17.5 Å². The molecule has 106 valence electrons. The summed E-state index contributed by atoms with van der Waals surface area (Å²) in [5.74, 6) is 0.807. The molecular formula is C14H12ClN5S. The molecule has 4 rings (SSSR count). The molecule has 0 bridgehead atoms. The number of halogens is 1. The summed E-state index contributed by atoms with van der Waals surface area (Å²) in [5, 5.41) is 1.38. The number of thiazole rings is 1. The van der Waals surface area contributed by atoms with Crippen molar-refractivity contribution in [3.05, 3.63) is 29.8 Å². The van der Waals surface area contributed by atoms with Crippen LogP contribution in [0.1, 0.15) is 12.8 Å². The minimum Gasteiger partial charge on any atom is -0.341 e. The Morgan fingerprint density at radius 2 is 1.81 bits per heavy atom. The van der Waals surface area contributed by atoms with E-state index in [2.05, 4.69) is 24.8 Å². The molecule has 0 aliphatic carbocycles. The molecule has 1 saturated heterocycles. The van der Waals surface area contributed by atoms with Crippen molar-refractivity contribution >= 4 is 39.1 Å². The van der Waals surface area contributed by atoms with Crippen molar-refractivity contribution in [2.45, 2.75) is 12.8 Å². The fourth-order valence-corrected chi connectivity index (χ4v) is 3.62. The molecule has 0 amide bonds. The zero-order valence-electron chi connectivity index (χ0n) is 11.2. The lowest BCUT2D eigenvalue weighted by molar-refractivity contribution is 0.899. The zero-order valence-corrected chi connectivity index (χ0v) is 12.7. The minimum absolute atomic E-state index is 0.485. The maximum Gasteiger partial charge on any atom is 0.225 e. The first-order valence-electron chi connectivity index (χ1n) is 6.79. The predicted octanol–water partition coefficient (Wildman–Crippen LogP) is 3.40. The molecule has 21 heavy (non-hydrogen) atoms. The van der Waals surface area contributed by atoms with Crippen LogP contribution in [-0.4, -0.2) is 33.0 Å². The van der Waals surface area contributed by atoms with Crippen LogP contribution in [0.2, 0.25) is 5.15 Å². The van der Waals surface area contributed by atoms with E-state index in [1.165, 1.54) is 12.8 Å². The highest BCUT2D eigenvalue weighted by Crippen LogP contribution is 2.30. The third kappa shape index (κ3) is 2.45. The molecule has 0 radical (unpaired) electrons. The number of pyridine rings is 1. The van der Waals surface area contributed by atoms with E-state index in [0.717, 1.165) is 39.8 Å². The van der Waals surface area contributed by atoms with Crippen molar-refractivity contribution in [2.24, 2.45) is 0 Å². The fourth-order valence-electron chi connectivity index (χ4n) is 2.44. The molecule has 1 aliphatic rings. The van der Waals surface area contributed by atoms with E-state index < -0.39 is 0 Å².